The molecule has 0 radical (unpaired) electrons. The Balaban J connectivity index is 2.27. The minimum atomic E-state index is 0.659. The maximum absolute atomic E-state index is 5.84. The van der Waals surface area contributed by atoms with E-state index in [4.69, 9.17) is 22.1 Å². The van der Waals surface area contributed by atoms with E-state index in [-0.39, 0.29) is 0 Å². The molecule has 82 valence electrons. The first-order valence-corrected chi connectivity index (χ1v) is 5.81. The van der Waals surface area contributed by atoms with E-state index in [9.17, 15) is 0 Å². The van der Waals surface area contributed by atoms with E-state index in [0.717, 1.165) is 4.47 Å². The number of rotatable bonds is 2. The number of hydrogen-bond donors (Lipinski definition) is 1. The van der Waals surface area contributed by atoms with Gasteiger partial charge in [0.1, 0.15) is 11.5 Å². The van der Waals surface area contributed by atoms with Gasteiger partial charge in [-0.3, -0.25) is 0 Å². The van der Waals surface area contributed by atoms with Gasteiger partial charge in [-0.05, 0) is 46.3 Å². The molecule has 0 bridgehead atoms. The zero-order chi connectivity index (χ0) is 11.5. The number of halogens is 2. The van der Waals surface area contributed by atoms with Crippen LogP contribution in [0, 0.1) is 0 Å². The molecule has 2 aromatic rings. The molecule has 2 N–H and O–H groups in total. The number of nitrogen functional groups attached to an aromatic ring is 1. The summed E-state index contributed by atoms with van der Waals surface area (Å²) in [4.78, 5) is 0. The van der Waals surface area contributed by atoms with Crippen molar-refractivity contribution < 1.29 is 4.74 Å². The number of ether oxygens (including phenoxy) is 1. The summed E-state index contributed by atoms with van der Waals surface area (Å²) in [7, 11) is 0. The van der Waals surface area contributed by atoms with Gasteiger partial charge in [0.15, 0.2) is 0 Å². The molecule has 0 unspecified atom stereocenters. The summed E-state index contributed by atoms with van der Waals surface area (Å²) >= 11 is 9.22. The molecule has 0 aliphatic heterocycles. The number of anilines is 1. The highest BCUT2D eigenvalue weighted by atomic mass is 79.9. The molecule has 2 aromatic carbocycles. The molecular weight excluding hydrogens is 289 g/mol. The van der Waals surface area contributed by atoms with Crippen LogP contribution in [-0.4, -0.2) is 0 Å². The third-order valence-corrected chi connectivity index (χ3v) is 2.83. The minimum absolute atomic E-state index is 0.659. The van der Waals surface area contributed by atoms with Gasteiger partial charge in [0.25, 0.3) is 0 Å². The molecule has 0 aliphatic carbocycles. The van der Waals surface area contributed by atoms with Crippen molar-refractivity contribution >= 4 is 33.2 Å². The summed E-state index contributed by atoms with van der Waals surface area (Å²) in [6.45, 7) is 0. The Labute approximate surface area is 107 Å². The first-order chi connectivity index (χ1) is 7.65. The smallest absolute Gasteiger partial charge is 0.141 e. The van der Waals surface area contributed by atoms with Crippen molar-refractivity contribution in [2.45, 2.75) is 0 Å². The third-order valence-electron chi connectivity index (χ3n) is 1.98. The Hall–Kier alpha value is -1.19. The second kappa shape index (κ2) is 4.76. The van der Waals surface area contributed by atoms with E-state index >= 15 is 0 Å². The van der Waals surface area contributed by atoms with Gasteiger partial charge < -0.3 is 10.5 Å². The van der Waals surface area contributed by atoms with E-state index in [0.29, 0.717) is 22.2 Å². The second-order valence-corrected chi connectivity index (χ2v) is 4.54. The molecule has 0 aromatic heterocycles. The molecule has 0 amide bonds. The summed E-state index contributed by atoms with van der Waals surface area (Å²) in [5.74, 6) is 1.40. The Morgan fingerprint density at radius 1 is 1.12 bits per heavy atom. The molecule has 16 heavy (non-hydrogen) atoms. The monoisotopic (exact) mass is 297 g/mol. The summed E-state index contributed by atoms with van der Waals surface area (Å²) in [6, 6.07) is 12.6. The highest BCUT2D eigenvalue weighted by Crippen LogP contribution is 2.32. The summed E-state index contributed by atoms with van der Waals surface area (Å²) in [6.07, 6.45) is 0. The maximum Gasteiger partial charge on any atom is 0.141 e. The Bertz CT molecular complexity index is 516. The van der Waals surface area contributed by atoms with Crippen molar-refractivity contribution in [2.24, 2.45) is 0 Å². The van der Waals surface area contributed by atoms with Gasteiger partial charge in [-0.15, -0.1) is 0 Å². The normalized spacial score (nSPS) is 10.1. The molecule has 4 heteroatoms. The molecule has 0 fully saturated rings. The predicted octanol–water partition coefficient (Wildman–Crippen LogP) is 4.48. The maximum atomic E-state index is 5.84. The molecule has 0 atom stereocenters. The van der Waals surface area contributed by atoms with Crippen molar-refractivity contribution in [2.75, 3.05) is 5.73 Å². The van der Waals surface area contributed by atoms with Crippen LogP contribution in [0.4, 0.5) is 5.69 Å². The number of nitrogens with two attached hydrogens (primary N) is 1. The zero-order valence-electron chi connectivity index (χ0n) is 8.28. The van der Waals surface area contributed by atoms with Crippen LogP contribution in [0.1, 0.15) is 0 Å². The number of hydrogen-bond acceptors (Lipinski definition) is 2. The van der Waals surface area contributed by atoms with Gasteiger partial charge in [-0.1, -0.05) is 17.7 Å². The lowest BCUT2D eigenvalue weighted by Gasteiger charge is -2.08. The summed E-state index contributed by atoms with van der Waals surface area (Å²) < 4.78 is 6.47. The van der Waals surface area contributed by atoms with Gasteiger partial charge in [0.2, 0.25) is 0 Å². The average molecular weight is 299 g/mol. The number of benzene rings is 2. The van der Waals surface area contributed by atoms with Crippen LogP contribution in [0.15, 0.2) is 46.9 Å². The summed E-state index contributed by atoms with van der Waals surface area (Å²) in [5, 5.41) is 0.659. The third kappa shape index (κ3) is 2.68. The van der Waals surface area contributed by atoms with Gasteiger partial charge in [0, 0.05) is 16.8 Å². The van der Waals surface area contributed by atoms with Crippen LogP contribution < -0.4 is 10.5 Å². The SMILES string of the molecule is Nc1cccc(Oc2ccc(Cl)cc2Br)c1. The van der Waals surface area contributed by atoms with Gasteiger partial charge in [-0.25, -0.2) is 0 Å². The average Bonchev–Trinajstić information content (AvgIpc) is 2.22. The van der Waals surface area contributed by atoms with E-state index in [1.54, 1.807) is 24.3 Å². The fourth-order valence-electron chi connectivity index (χ4n) is 1.26. The predicted molar refractivity (Wildman–Crippen MR) is 70.1 cm³/mol. The van der Waals surface area contributed by atoms with Crippen LogP contribution in [0.3, 0.4) is 0 Å². The molecule has 0 heterocycles. The minimum Gasteiger partial charge on any atom is -0.456 e. The lowest BCUT2D eigenvalue weighted by Crippen LogP contribution is -1.88. The van der Waals surface area contributed by atoms with Crippen LogP contribution in [0.5, 0.6) is 11.5 Å². The van der Waals surface area contributed by atoms with Crippen molar-refractivity contribution in [3.63, 3.8) is 0 Å². The standard InChI is InChI=1S/C12H9BrClNO/c13-11-6-8(14)4-5-12(11)16-10-3-1-2-9(15)7-10/h1-7H,15H2. The largest absolute Gasteiger partial charge is 0.456 e. The van der Waals surface area contributed by atoms with Gasteiger partial charge >= 0.3 is 0 Å². The first-order valence-electron chi connectivity index (χ1n) is 4.63. The van der Waals surface area contributed by atoms with Crippen molar-refractivity contribution in [1.29, 1.82) is 0 Å². The Morgan fingerprint density at radius 3 is 2.62 bits per heavy atom. The molecular formula is C12H9BrClNO. The molecule has 0 saturated carbocycles. The quantitative estimate of drug-likeness (QED) is 0.830. The summed E-state index contributed by atoms with van der Waals surface area (Å²) in [5.41, 5.74) is 6.33. The van der Waals surface area contributed by atoms with Crippen molar-refractivity contribution in [1.82, 2.24) is 0 Å². The lowest BCUT2D eigenvalue weighted by molar-refractivity contribution is 0.480. The Morgan fingerprint density at radius 2 is 1.94 bits per heavy atom. The van der Waals surface area contributed by atoms with E-state index < -0.39 is 0 Å². The molecule has 2 rings (SSSR count). The van der Waals surface area contributed by atoms with Gasteiger partial charge in [0.05, 0.1) is 4.47 Å². The Kier molecular flexibility index (Phi) is 3.36. The van der Waals surface area contributed by atoms with E-state index in [1.807, 2.05) is 18.2 Å². The van der Waals surface area contributed by atoms with Crippen molar-refractivity contribution in [3.8, 4) is 11.5 Å². The fourth-order valence-corrected chi connectivity index (χ4v) is 2.03. The lowest BCUT2D eigenvalue weighted by atomic mass is 10.3. The highest BCUT2D eigenvalue weighted by molar-refractivity contribution is 9.10. The van der Waals surface area contributed by atoms with E-state index in [2.05, 4.69) is 15.9 Å². The van der Waals surface area contributed by atoms with Crippen LogP contribution in [-0.2, 0) is 0 Å². The zero-order valence-corrected chi connectivity index (χ0v) is 10.6. The molecule has 0 aliphatic rings. The molecule has 0 spiro atoms. The van der Waals surface area contributed by atoms with Crippen LogP contribution >= 0.6 is 27.5 Å². The first kappa shape index (κ1) is 11.3. The van der Waals surface area contributed by atoms with Gasteiger partial charge in [-0.2, -0.15) is 0 Å². The van der Waals surface area contributed by atoms with Crippen LogP contribution in [0.2, 0.25) is 5.02 Å². The topological polar surface area (TPSA) is 35.2 Å². The molecule has 0 saturated heterocycles. The van der Waals surface area contributed by atoms with E-state index in [1.165, 1.54) is 0 Å². The highest BCUT2D eigenvalue weighted by Gasteiger charge is 2.03. The second-order valence-electron chi connectivity index (χ2n) is 3.25. The molecule has 2 nitrogen and oxygen atoms in total. The fraction of sp³-hybridized carbons (Fsp3) is 0. The van der Waals surface area contributed by atoms with Crippen LogP contribution in [0.25, 0.3) is 0 Å². The van der Waals surface area contributed by atoms with Crippen molar-refractivity contribution in [3.05, 3.63) is 52.0 Å².